The number of benzene rings is 2. The minimum absolute atomic E-state index is 0.0674. The zero-order valence-electron chi connectivity index (χ0n) is 11.2. The van der Waals surface area contributed by atoms with Gasteiger partial charge in [-0.25, -0.2) is 0 Å². The molecule has 0 spiro atoms. The highest BCUT2D eigenvalue weighted by molar-refractivity contribution is 6.16. The first-order chi connectivity index (χ1) is 9.78. The van der Waals surface area contributed by atoms with Crippen molar-refractivity contribution in [1.82, 2.24) is 5.32 Å². The number of allylic oxidation sites excluding steroid dienone is 1. The maximum atomic E-state index is 11.8. The smallest absolute Gasteiger partial charge is 0.188 e. The molecular formula is C17H15NO2. The Morgan fingerprint density at radius 3 is 2.40 bits per heavy atom. The molecule has 2 aromatic carbocycles. The van der Waals surface area contributed by atoms with E-state index in [2.05, 4.69) is 5.32 Å². The molecular weight excluding hydrogens is 250 g/mol. The van der Waals surface area contributed by atoms with Crippen molar-refractivity contribution >= 4 is 11.5 Å². The lowest BCUT2D eigenvalue weighted by molar-refractivity contribution is 0.105. The second kappa shape index (κ2) is 5.21. The van der Waals surface area contributed by atoms with Crippen LogP contribution in [0.2, 0.25) is 0 Å². The molecule has 0 unspecified atom stereocenters. The third-order valence-corrected chi connectivity index (χ3v) is 3.40. The second-order valence-electron chi connectivity index (χ2n) is 4.67. The Morgan fingerprint density at radius 2 is 1.70 bits per heavy atom. The number of carbonyl (C=O) groups excluding carboxylic acids is 1. The summed E-state index contributed by atoms with van der Waals surface area (Å²) < 4.78 is 5.13. The Morgan fingerprint density at radius 1 is 1.00 bits per heavy atom. The van der Waals surface area contributed by atoms with Crippen LogP contribution in [-0.4, -0.2) is 12.9 Å². The van der Waals surface area contributed by atoms with Crippen molar-refractivity contribution in [3.05, 3.63) is 71.3 Å². The van der Waals surface area contributed by atoms with Crippen LogP contribution < -0.4 is 10.1 Å². The van der Waals surface area contributed by atoms with Crippen LogP contribution in [-0.2, 0) is 6.54 Å². The minimum atomic E-state index is 0.0674. The van der Waals surface area contributed by atoms with E-state index in [1.165, 1.54) is 0 Å². The molecule has 1 aliphatic carbocycles. The molecule has 20 heavy (non-hydrogen) atoms. The molecule has 0 radical (unpaired) electrons. The van der Waals surface area contributed by atoms with Gasteiger partial charge in [-0.05, 0) is 17.7 Å². The monoisotopic (exact) mass is 265 g/mol. The molecule has 1 N–H and O–H groups in total. The zero-order chi connectivity index (χ0) is 13.9. The van der Waals surface area contributed by atoms with Crippen molar-refractivity contribution < 1.29 is 9.53 Å². The molecule has 0 saturated carbocycles. The first-order valence-corrected chi connectivity index (χ1v) is 6.50. The molecule has 3 rings (SSSR count). The number of ether oxygens (including phenoxy) is 1. The fraction of sp³-hybridized carbons (Fsp3) is 0.118. The quantitative estimate of drug-likeness (QED) is 0.923. The van der Waals surface area contributed by atoms with E-state index >= 15 is 0 Å². The Hall–Kier alpha value is -2.55. The third kappa shape index (κ3) is 2.30. The summed E-state index contributed by atoms with van der Waals surface area (Å²) >= 11 is 0. The van der Waals surface area contributed by atoms with Gasteiger partial charge in [0.05, 0.1) is 7.11 Å². The topological polar surface area (TPSA) is 38.3 Å². The van der Waals surface area contributed by atoms with Gasteiger partial charge in [-0.1, -0.05) is 36.4 Å². The molecule has 0 bridgehead atoms. The second-order valence-corrected chi connectivity index (χ2v) is 4.67. The maximum Gasteiger partial charge on any atom is 0.188 e. The van der Waals surface area contributed by atoms with Crippen LogP contribution >= 0.6 is 0 Å². The van der Waals surface area contributed by atoms with Crippen LogP contribution in [0.4, 0.5) is 0 Å². The van der Waals surface area contributed by atoms with E-state index < -0.39 is 0 Å². The molecule has 0 heterocycles. The number of nitrogens with one attached hydrogen (secondary N) is 1. The van der Waals surface area contributed by atoms with E-state index in [4.69, 9.17) is 4.74 Å². The SMILES string of the molecule is COc1ccc(CNC2=CC(=O)c3ccccc32)cc1. The van der Waals surface area contributed by atoms with Crippen molar-refractivity contribution in [3.63, 3.8) is 0 Å². The molecule has 2 aromatic rings. The minimum Gasteiger partial charge on any atom is -0.497 e. The average molecular weight is 265 g/mol. The van der Waals surface area contributed by atoms with E-state index in [1.807, 2.05) is 48.5 Å². The Kier molecular flexibility index (Phi) is 3.25. The van der Waals surface area contributed by atoms with E-state index in [9.17, 15) is 4.79 Å². The summed E-state index contributed by atoms with van der Waals surface area (Å²) in [4.78, 5) is 11.8. The largest absolute Gasteiger partial charge is 0.497 e. The Bertz CT molecular complexity index is 672. The van der Waals surface area contributed by atoms with Crippen LogP contribution in [0.5, 0.6) is 5.75 Å². The number of hydrogen-bond acceptors (Lipinski definition) is 3. The molecule has 0 aliphatic heterocycles. The first-order valence-electron chi connectivity index (χ1n) is 6.50. The van der Waals surface area contributed by atoms with Crippen molar-refractivity contribution in [2.45, 2.75) is 6.54 Å². The number of hydrogen-bond donors (Lipinski definition) is 1. The number of carbonyl (C=O) groups is 1. The Labute approximate surface area is 117 Å². The summed E-state index contributed by atoms with van der Waals surface area (Å²) in [6, 6.07) is 15.5. The summed E-state index contributed by atoms with van der Waals surface area (Å²) in [5.74, 6) is 0.909. The maximum absolute atomic E-state index is 11.8. The third-order valence-electron chi connectivity index (χ3n) is 3.40. The summed E-state index contributed by atoms with van der Waals surface area (Å²) in [5, 5.41) is 3.32. The summed E-state index contributed by atoms with van der Waals surface area (Å²) in [6.45, 7) is 0.678. The Balaban J connectivity index is 1.73. The van der Waals surface area contributed by atoms with Crippen LogP contribution in [0.15, 0.2) is 54.6 Å². The highest BCUT2D eigenvalue weighted by Gasteiger charge is 2.19. The molecule has 0 amide bonds. The normalized spacial score (nSPS) is 12.8. The standard InChI is InChI=1S/C17H15NO2/c1-20-13-8-6-12(7-9-13)11-18-16-10-17(19)15-5-3-2-4-14(15)16/h2-10,18H,11H2,1H3. The van der Waals surface area contributed by atoms with Gasteiger partial charge in [-0.15, -0.1) is 0 Å². The highest BCUT2D eigenvalue weighted by Crippen LogP contribution is 2.25. The first kappa shape index (κ1) is 12.5. The van der Waals surface area contributed by atoms with Crippen molar-refractivity contribution in [3.8, 4) is 5.75 Å². The average Bonchev–Trinajstić information content (AvgIpc) is 2.83. The lowest BCUT2D eigenvalue weighted by Gasteiger charge is -2.09. The predicted octanol–water partition coefficient (Wildman–Crippen LogP) is 3.02. The molecule has 0 saturated heterocycles. The fourth-order valence-electron chi connectivity index (χ4n) is 2.31. The van der Waals surface area contributed by atoms with Crippen molar-refractivity contribution in [2.24, 2.45) is 0 Å². The van der Waals surface area contributed by atoms with Crippen LogP contribution in [0.3, 0.4) is 0 Å². The molecule has 100 valence electrons. The van der Waals surface area contributed by atoms with Gasteiger partial charge in [0.2, 0.25) is 0 Å². The van der Waals surface area contributed by atoms with Crippen LogP contribution in [0, 0.1) is 0 Å². The summed E-state index contributed by atoms with van der Waals surface area (Å²) in [6.07, 6.45) is 1.66. The number of methoxy groups -OCH3 is 1. The van der Waals surface area contributed by atoms with Gasteiger partial charge in [0.25, 0.3) is 0 Å². The molecule has 1 aliphatic rings. The van der Waals surface area contributed by atoms with Gasteiger partial charge in [-0.3, -0.25) is 4.79 Å². The molecule has 0 atom stereocenters. The predicted molar refractivity (Wildman–Crippen MR) is 78.6 cm³/mol. The molecule has 3 nitrogen and oxygen atoms in total. The summed E-state index contributed by atoms with van der Waals surface area (Å²) in [7, 11) is 1.65. The van der Waals surface area contributed by atoms with Gasteiger partial charge in [0.1, 0.15) is 5.75 Å². The molecule has 0 aromatic heterocycles. The molecule has 0 fully saturated rings. The van der Waals surface area contributed by atoms with E-state index in [0.717, 1.165) is 28.1 Å². The van der Waals surface area contributed by atoms with Gasteiger partial charge in [-0.2, -0.15) is 0 Å². The summed E-state index contributed by atoms with van der Waals surface area (Å²) in [5.41, 5.74) is 3.78. The van der Waals surface area contributed by atoms with Crippen LogP contribution in [0.25, 0.3) is 5.70 Å². The highest BCUT2D eigenvalue weighted by atomic mass is 16.5. The van der Waals surface area contributed by atoms with Gasteiger partial charge in [0, 0.05) is 29.4 Å². The zero-order valence-corrected chi connectivity index (χ0v) is 11.2. The van der Waals surface area contributed by atoms with E-state index in [0.29, 0.717) is 6.54 Å². The number of ketones is 1. The lowest BCUT2D eigenvalue weighted by Crippen LogP contribution is -2.10. The fourth-order valence-corrected chi connectivity index (χ4v) is 2.31. The lowest BCUT2D eigenvalue weighted by atomic mass is 10.1. The van der Waals surface area contributed by atoms with Crippen molar-refractivity contribution in [2.75, 3.05) is 7.11 Å². The van der Waals surface area contributed by atoms with Crippen LogP contribution in [0.1, 0.15) is 21.5 Å². The van der Waals surface area contributed by atoms with E-state index in [1.54, 1.807) is 13.2 Å². The van der Waals surface area contributed by atoms with Gasteiger partial charge in [0.15, 0.2) is 5.78 Å². The van der Waals surface area contributed by atoms with Crippen molar-refractivity contribution in [1.29, 1.82) is 0 Å². The number of fused-ring (bicyclic) bond motifs is 1. The van der Waals surface area contributed by atoms with E-state index in [-0.39, 0.29) is 5.78 Å². The van der Waals surface area contributed by atoms with Gasteiger partial charge >= 0.3 is 0 Å². The number of rotatable bonds is 4. The molecule has 3 heteroatoms. The van der Waals surface area contributed by atoms with Gasteiger partial charge < -0.3 is 10.1 Å².